The van der Waals surface area contributed by atoms with Gasteiger partial charge in [0.05, 0.1) is 0 Å². The lowest BCUT2D eigenvalue weighted by atomic mass is 10.1. The number of nitrogens with zero attached hydrogens (tertiary/aromatic N) is 2. The van der Waals surface area contributed by atoms with Gasteiger partial charge in [0.1, 0.15) is 18.2 Å². The Morgan fingerprint density at radius 3 is 2.73 bits per heavy atom. The Morgan fingerprint density at radius 2 is 2.20 bits per heavy atom. The van der Waals surface area contributed by atoms with Crippen LogP contribution in [0.25, 0.3) is 0 Å². The first-order valence-corrected chi connectivity index (χ1v) is 4.80. The van der Waals surface area contributed by atoms with Crippen LogP contribution in [0.1, 0.15) is 31.3 Å². The fourth-order valence-corrected chi connectivity index (χ4v) is 1.14. The highest BCUT2D eigenvalue weighted by molar-refractivity contribution is 5.72. The SMILES string of the molecule is Cc1nc(NCC(=O)O)cc(C(C)C)n1. The highest BCUT2D eigenvalue weighted by atomic mass is 16.4. The molecule has 0 spiro atoms. The molecule has 0 fully saturated rings. The third-order valence-corrected chi connectivity index (χ3v) is 1.87. The molecule has 0 aliphatic carbocycles. The van der Waals surface area contributed by atoms with Gasteiger partial charge in [0.15, 0.2) is 0 Å². The molecule has 1 aromatic heterocycles. The van der Waals surface area contributed by atoms with E-state index in [-0.39, 0.29) is 6.54 Å². The van der Waals surface area contributed by atoms with Gasteiger partial charge in [-0.3, -0.25) is 4.79 Å². The standard InChI is InChI=1S/C10H15N3O2/c1-6(2)8-4-9(11-5-10(14)15)13-7(3)12-8/h4,6H,5H2,1-3H3,(H,14,15)(H,11,12,13). The van der Waals surface area contributed by atoms with E-state index in [0.717, 1.165) is 5.69 Å². The van der Waals surface area contributed by atoms with Crippen molar-refractivity contribution in [2.75, 3.05) is 11.9 Å². The Hall–Kier alpha value is -1.65. The quantitative estimate of drug-likeness (QED) is 0.784. The van der Waals surface area contributed by atoms with Crippen molar-refractivity contribution in [3.05, 3.63) is 17.6 Å². The number of aryl methyl sites for hydroxylation is 1. The van der Waals surface area contributed by atoms with E-state index in [0.29, 0.717) is 17.6 Å². The average Bonchev–Trinajstić information content (AvgIpc) is 2.13. The van der Waals surface area contributed by atoms with Crippen LogP contribution >= 0.6 is 0 Å². The molecule has 0 amide bonds. The highest BCUT2D eigenvalue weighted by Crippen LogP contribution is 2.14. The van der Waals surface area contributed by atoms with Crippen molar-refractivity contribution < 1.29 is 9.90 Å². The van der Waals surface area contributed by atoms with Gasteiger partial charge in [0.25, 0.3) is 0 Å². The second kappa shape index (κ2) is 4.72. The maximum atomic E-state index is 10.4. The van der Waals surface area contributed by atoms with Crippen LogP contribution < -0.4 is 5.32 Å². The molecule has 0 saturated carbocycles. The van der Waals surface area contributed by atoms with Crippen LogP contribution in [0.5, 0.6) is 0 Å². The number of aromatic nitrogens is 2. The Kier molecular flexibility index (Phi) is 3.60. The number of carboxylic acids is 1. The first-order chi connectivity index (χ1) is 6.99. The lowest BCUT2D eigenvalue weighted by Crippen LogP contribution is -2.14. The first kappa shape index (κ1) is 11.4. The summed E-state index contributed by atoms with van der Waals surface area (Å²) in [5.74, 6) is 0.608. The minimum Gasteiger partial charge on any atom is -0.480 e. The topological polar surface area (TPSA) is 75.1 Å². The lowest BCUT2D eigenvalue weighted by molar-refractivity contribution is -0.134. The molecule has 0 aliphatic rings. The largest absolute Gasteiger partial charge is 0.480 e. The summed E-state index contributed by atoms with van der Waals surface area (Å²) in [7, 11) is 0. The fraction of sp³-hybridized carbons (Fsp3) is 0.500. The molecular weight excluding hydrogens is 194 g/mol. The summed E-state index contributed by atoms with van der Waals surface area (Å²) >= 11 is 0. The molecule has 0 unspecified atom stereocenters. The molecule has 82 valence electrons. The smallest absolute Gasteiger partial charge is 0.322 e. The van der Waals surface area contributed by atoms with E-state index in [2.05, 4.69) is 15.3 Å². The summed E-state index contributed by atoms with van der Waals surface area (Å²) in [5, 5.41) is 11.2. The predicted molar refractivity (Wildman–Crippen MR) is 57.0 cm³/mol. The van der Waals surface area contributed by atoms with Crippen LogP contribution in [0.4, 0.5) is 5.82 Å². The second-order valence-electron chi connectivity index (χ2n) is 3.63. The van der Waals surface area contributed by atoms with Gasteiger partial charge in [-0.25, -0.2) is 9.97 Å². The van der Waals surface area contributed by atoms with Gasteiger partial charge < -0.3 is 10.4 Å². The molecule has 0 saturated heterocycles. The summed E-state index contributed by atoms with van der Waals surface area (Å²) < 4.78 is 0. The van der Waals surface area contributed by atoms with Crippen LogP contribution in [0.15, 0.2) is 6.07 Å². The zero-order chi connectivity index (χ0) is 11.4. The molecule has 0 radical (unpaired) electrons. The monoisotopic (exact) mass is 209 g/mol. The Balaban J connectivity index is 2.84. The summed E-state index contributed by atoms with van der Waals surface area (Å²) in [5.41, 5.74) is 0.912. The van der Waals surface area contributed by atoms with Gasteiger partial charge in [0, 0.05) is 11.8 Å². The number of carboxylic acid groups (broad SMARTS) is 1. The Morgan fingerprint density at radius 1 is 1.53 bits per heavy atom. The molecule has 5 nitrogen and oxygen atoms in total. The van der Waals surface area contributed by atoms with Gasteiger partial charge >= 0.3 is 5.97 Å². The summed E-state index contributed by atoms with van der Waals surface area (Å²) in [6.45, 7) is 5.72. The van der Waals surface area contributed by atoms with Crippen LogP contribution in [0, 0.1) is 6.92 Å². The molecule has 1 aromatic rings. The zero-order valence-electron chi connectivity index (χ0n) is 9.11. The van der Waals surface area contributed by atoms with Gasteiger partial charge in [-0.05, 0) is 12.8 Å². The molecule has 1 heterocycles. The number of hydrogen-bond acceptors (Lipinski definition) is 4. The Bertz CT molecular complexity index is 364. The molecule has 0 aromatic carbocycles. The Labute approximate surface area is 88.6 Å². The third kappa shape index (κ3) is 3.53. The molecule has 2 N–H and O–H groups in total. The minimum atomic E-state index is -0.905. The van der Waals surface area contributed by atoms with Gasteiger partial charge in [-0.2, -0.15) is 0 Å². The van der Waals surface area contributed by atoms with Crippen LogP contribution in [0.2, 0.25) is 0 Å². The van der Waals surface area contributed by atoms with Gasteiger partial charge in [-0.15, -0.1) is 0 Å². The number of hydrogen-bond donors (Lipinski definition) is 2. The van der Waals surface area contributed by atoms with Gasteiger partial charge in [0.2, 0.25) is 0 Å². The third-order valence-electron chi connectivity index (χ3n) is 1.87. The molecule has 15 heavy (non-hydrogen) atoms. The van der Waals surface area contributed by atoms with Crippen molar-refractivity contribution in [3.8, 4) is 0 Å². The summed E-state index contributed by atoms with van der Waals surface area (Å²) in [4.78, 5) is 18.7. The highest BCUT2D eigenvalue weighted by Gasteiger charge is 2.06. The van der Waals surface area contributed by atoms with Crippen molar-refractivity contribution in [3.63, 3.8) is 0 Å². The van der Waals surface area contributed by atoms with Crippen molar-refractivity contribution in [1.82, 2.24) is 9.97 Å². The molecule has 0 bridgehead atoms. The first-order valence-electron chi connectivity index (χ1n) is 4.80. The van der Waals surface area contributed by atoms with Crippen molar-refractivity contribution in [2.45, 2.75) is 26.7 Å². The van der Waals surface area contributed by atoms with Crippen LogP contribution in [-0.4, -0.2) is 27.6 Å². The average molecular weight is 209 g/mol. The maximum absolute atomic E-state index is 10.4. The van der Waals surface area contributed by atoms with Crippen molar-refractivity contribution in [2.24, 2.45) is 0 Å². The number of carbonyl (C=O) groups is 1. The van der Waals surface area contributed by atoms with Crippen molar-refractivity contribution in [1.29, 1.82) is 0 Å². The number of aliphatic carboxylic acids is 1. The fourth-order valence-electron chi connectivity index (χ4n) is 1.14. The van der Waals surface area contributed by atoms with Crippen LogP contribution in [-0.2, 0) is 4.79 Å². The molecule has 0 aliphatic heterocycles. The second-order valence-corrected chi connectivity index (χ2v) is 3.63. The lowest BCUT2D eigenvalue weighted by Gasteiger charge is -2.08. The predicted octanol–water partition coefficient (Wildman–Crippen LogP) is 1.40. The van der Waals surface area contributed by atoms with E-state index in [1.807, 2.05) is 13.8 Å². The van der Waals surface area contributed by atoms with E-state index < -0.39 is 5.97 Å². The zero-order valence-corrected chi connectivity index (χ0v) is 9.11. The summed E-state index contributed by atoms with van der Waals surface area (Å²) in [6, 6.07) is 1.78. The normalized spacial score (nSPS) is 10.4. The maximum Gasteiger partial charge on any atom is 0.322 e. The van der Waals surface area contributed by atoms with E-state index >= 15 is 0 Å². The molecular formula is C10H15N3O2. The number of anilines is 1. The van der Waals surface area contributed by atoms with E-state index in [9.17, 15) is 4.79 Å². The summed E-state index contributed by atoms with van der Waals surface area (Å²) in [6.07, 6.45) is 0. The van der Waals surface area contributed by atoms with Crippen molar-refractivity contribution >= 4 is 11.8 Å². The molecule has 1 rings (SSSR count). The van der Waals surface area contributed by atoms with E-state index in [1.54, 1.807) is 13.0 Å². The van der Waals surface area contributed by atoms with E-state index in [4.69, 9.17) is 5.11 Å². The molecule has 0 atom stereocenters. The minimum absolute atomic E-state index is 0.131. The number of nitrogens with one attached hydrogen (secondary N) is 1. The van der Waals surface area contributed by atoms with E-state index in [1.165, 1.54) is 0 Å². The van der Waals surface area contributed by atoms with Crippen LogP contribution in [0.3, 0.4) is 0 Å². The number of rotatable bonds is 4. The molecule has 5 heteroatoms. The van der Waals surface area contributed by atoms with Gasteiger partial charge in [-0.1, -0.05) is 13.8 Å².